The molecule has 8 heteroatoms. The summed E-state index contributed by atoms with van der Waals surface area (Å²) >= 11 is 3.06. The van der Waals surface area contributed by atoms with E-state index in [1.165, 1.54) is 12.1 Å². The number of benzene rings is 1. The quantitative estimate of drug-likeness (QED) is 0.818. The molecule has 0 saturated heterocycles. The minimum absolute atomic E-state index is 0.326. The lowest BCUT2D eigenvalue weighted by molar-refractivity contribution is -0.142. The van der Waals surface area contributed by atoms with Crippen LogP contribution in [0.4, 0.5) is 23.2 Å². The number of nitrogens with zero attached hydrogens (tertiary/aromatic N) is 2. The fourth-order valence-corrected chi connectivity index (χ4v) is 1.82. The van der Waals surface area contributed by atoms with Crippen molar-refractivity contribution < 1.29 is 17.6 Å². The number of rotatable bonds is 1. The number of hydrogen-bond donors (Lipinski definition) is 1. The number of alkyl halides is 3. The van der Waals surface area contributed by atoms with E-state index in [2.05, 4.69) is 21.0 Å². The van der Waals surface area contributed by atoms with Crippen molar-refractivity contribution in [3.05, 3.63) is 40.4 Å². The van der Waals surface area contributed by atoms with Gasteiger partial charge in [-0.05, 0) is 18.2 Å². The van der Waals surface area contributed by atoms with E-state index in [9.17, 15) is 17.6 Å². The van der Waals surface area contributed by atoms with Gasteiger partial charge in [0.15, 0.2) is 5.69 Å². The van der Waals surface area contributed by atoms with Gasteiger partial charge >= 0.3 is 6.18 Å². The van der Waals surface area contributed by atoms with E-state index < -0.39 is 23.4 Å². The highest BCUT2D eigenvalue weighted by molar-refractivity contribution is 9.10. The number of nitrogen functional groups attached to an aromatic ring is 1. The SMILES string of the molecule is Nc1cnn(-c2cc(Br)ccc2F)c1C(F)(F)F. The molecule has 0 aliphatic rings. The van der Waals surface area contributed by atoms with E-state index >= 15 is 0 Å². The van der Waals surface area contributed by atoms with Gasteiger partial charge < -0.3 is 5.73 Å². The first-order valence-electron chi connectivity index (χ1n) is 4.67. The smallest absolute Gasteiger partial charge is 0.396 e. The van der Waals surface area contributed by atoms with E-state index in [1.807, 2.05) is 0 Å². The van der Waals surface area contributed by atoms with Crippen LogP contribution in [0.15, 0.2) is 28.9 Å². The summed E-state index contributed by atoms with van der Waals surface area (Å²) in [6.45, 7) is 0. The lowest BCUT2D eigenvalue weighted by Crippen LogP contribution is -2.16. The van der Waals surface area contributed by atoms with Crippen molar-refractivity contribution in [2.45, 2.75) is 6.18 Å². The molecule has 0 amide bonds. The monoisotopic (exact) mass is 323 g/mol. The summed E-state index contributed by atoms with van der Waals surface area (Å²) < 4.78 is 52.8. The summed E-state index contributed by atoms with van der Waals surface area (Å²) in [5.41, 5.74) is 3.14. The number of anilines is 1. The molecule has 96 valence electrons. The Hall–Kier alpha value is -1.57. The highest BCUT2D eigenvalue weighted by Gasteiger charge is 2.38. The maximum atomic E-state index is 13.5. The fraction of sp³-hybridized carbons (Fsp3) is 0.100. The maximum Gasteiger partial charge on any atom is 0.435 e. The molecular weight excluding hydrogens is 318 g/mol. The molecule has 0 aliphatic heterocycles. The zero-order chi connectivity index (χ0) is 13.5. The average Bonchev–Trinajstić information content (AvgIpc) is 2.63. The molecule has 1 heterocycles. The molecule has 0 aliphatic carbocycles. The molecule has 0 bridgehead atoms. The summed E-state index contributed by atoms with van der Waals surface area (Å²) in [7, 11) is 0. The zero-order valence-electron chi connectivity index (χ0n) is 8.67. The van der Waals surface area contributed by atoms with Crippen molar-refractivity contribution in [3.63, 3.8) is 0 Å². The number of aromatic nitrogens is 2. The first-order valence-corrected chi connectivity index (χ1v) is 5.46. The lowest BCUT2D eigenvalue weighted by Gasteiger charge is -2.12. The second-order valence-electron chi connectivity index (χ2n) is 3.45. The van der Waals surface area contributed by atoms with Crippen molar-refractivity contribution in [1.29, 1.82) is 0 Å². The van der Waals surface area contributed by atoms with E-state index in [4.69, 9.17) is 5.73 Å². The standard InChI is InChI=1S/C10H6BrF4N3/c11-5-1-2-6(12)8(3-5)18-9(10(13,14)15)7(16)4-17-18/h1-4H,16H2. The molecular formula is C10H6BrF4N3. The van der Waals surface area contributed by atoms with Crippen LogP contribution in [-0.4, -0.2) is 9.78 Å². The zero-order valence-corrected chi connectivity index (χ0v) is 10.3. The first-order chi connectivity index (χ1) is 8.30. The van der Waals surface area contributed by atoms with Gasteiger partial charge in [0.25, 0.3) is 0 Å². The number of nitrogens with two attached hydrogens (primary N) is 1. The van der Waals surface area contributed by atoms with Crippen molar-refractivity contribution in [3.8, 4) is 5.69 Å². The molecule has 18 heavy (non-hydrogen) atoms. The largest absolute Gasteiger partial charge is 0.435 e. The molecule has 2 rings (SSSR count). The van der Waals surface area contributed by atoms with Gasteiger partial charge in [-0.3, -0.25) is 0 Å². The first kappa shape index (κ1) is 12.9. The van der Waals surface area contributed by atoms with Crippen molar-refractivity contribution in [2.24, 2.45) is 0 Å². The van der Waals surface area contributed by atoms with Crippen LogP contribution in [-0.2, 0) is 6.18 Å². The van der Waals surface area contributed by atoms with Crippen LogP contribution in [0.1, 0.15) is 5.69 Å². The topological polar surface area (TPSA) is 43.8 Å². The summed E-state index contributed by atoms with van der Waals surface area (Å²) in [5, 5.41) is 3.47. The molecule has 0 fully saturated rings. The predicted molar refractivity (Wildman–Crippen MR) is 60.6 cm³/mol. The summed E-state index contributed by atoms with van der Waals surface area (Å²) in [5.74, 6) is -0.827. The van der Waals surface area contributed by atoms with Gasteiger partial charge in [0.1, 0.15) is 11.5 Å². The predicted octanol–water partition coefficient (Wildman–Crippen LogP) is 3.37. The van der Waals surface area contributed by atoms with Gasteiger partial charge in [0, 0.05) is 4.47 Å². The van der Waals surface area contributed by atoms with Gasteiger partial charge in [-0.2, -0.15) is 18.3 Å². The van der Waals surface area contributed by atoms with E-state index in [0.717, 1.165) is 12.3 Å². The van der Waals surface area contributed by atoms with Gasteiger partial charge in [-0.25, -0.2) is 9.07 Å². The second kappa shape index (κ2) is 4.27. The maximum absolute atomic E-state index is 13.5. The third-order valence-electron chi connectivity index (χ3n) is 2.20. The normalized spacial score (nSPS) is 11.8. The van der Waals surface area contributed by atoms with Crippen LogP contribution in [0.5, 0.6) is 0 Å². The van der Waals surface area contributed by atoms with E-state index in [1.54, 1.807) is 0 Å². The van der Waals surface area contributed by atoms with E-state index in [0.29, 0.717) is 9.15 Å². The minimum Gasteiger partial charge on any atom is -0.396 e. The van der Waals surface area contributed by atoms with Crippen molar-refractivity contribution in [2.75, 3.05) is 5.73 Å². The highest BCUT2D eigenvalue weighted by atomic mass is 79.9. The summed E-state index contributed by atoms with van der Waals surface area (Å²) in [4.78, 5) is 0. The number of hydrogen-bond acceptors (Lipinski definition) is 2. The molecule has 1 aromatic carbocycles. The average molecular weight is 324 g/mol. The molecule has 0 spiro atoms. The molecule has 2 N–H and O–H groups in total. The third kappa shape index (κ3) is 2.20. The lowest BCUT2D eigenvalue weighted by atomic mass is 10.3. The molecule has 0 saturated carbocycles. The second-order valence-corrected chi connectivity index (χ2v) is 4.37. The van der Waals surface area contributed by atoms with Crippen molar-refractivity contribution >= 4 is 21.6 Å². The summed E-state index contributed by atoms with van der Waals surface area (Å²) in [6, 6.07) is 3.60. The number of halogens is 5. The molecule has 0 atom stereocenters. The Balaban J connectivity index is 2.69. The molecule has 1 aromatic heterocycles. The van der Waals surface area contributed by atoms with Gasteiger partial charge in [0.05, 0.1) is 11.9 Å². The van der Waals surface area contributed by atoms with Crippen LogP contribution in [0.2, 0.25) is 0 Å². The van der Waals surface area contributed by atoms with Gasteiger partial charge in [-0.1, -0.05) is 15.9 Å². The Labute approximate surface area is 107 Å². The van der Waals surface area contributed by atoms with Crippen LogP contribution < -0.4 is 5.73 Å². The molecule has 2 aromatic rings. The molecule has 3 nitrogen and oxygen atoms in total. The van der Waals surface area contributed by atoms with Gasteiger partial charge in [0.2, 0.25) is 0 Å². The Morgan fingerprint density at radius 3 is 2.56 bits per heavy atom. The Morgan fingerprint density at radius 1 is 1.28 bits per heavy atom. The fourth-order valence-electron chi connectivity index (χ4n) is 1.48. The van der Waals surface area contributed by atoms with Gasteiger partial charge in [-0.15, -0.1) is 0 Å². The summed E-state index contributed by atoms with van der Waals surface area (Å²) in [6.07, 6.45) is -3.88. The Morgan fingerprint density at radius 2 is 1.94 bits per heavy atom. The Bertz CT molecular complexity index is 591. The van der Waals surface area contributed by atoms with Crippen LogP contribution in [0, 0.1) is 5.82 Å². The van der Waals surface area contributed by atoms with Crippen LogP contribution in [0.3, 0.4) is 0 Å². The van der Waals surface area contributed by atoms with Crippen LogP contribution in [0.25, 0.3) is 5.69 Å². The van der Waals surface area contributed by atoms with E-state index in [-0.39, 0.29) is 5.69 Å². The molecule has 0 radical (unpaired) electrons. The Kier molecular flexibility index (Phi) is 3.05. The minimum atomic E-state index is -4.71. The molecule has 0 unspecified atom stereocenters. The highest BCUT2D eigenvalue weighted by Crippen LogP contribution is 2.35. The third-order valence-corrected chi connectivity index (χ3v) is 2.70. The van der Waals surface area contributed by atoms with Crippen molar-refractivity contribution in [1.82, 2.24) is 9.78 Å². The van der Waals surface area contributed by atoms with Crippen LogP contribution >= 0.6 is 15.9 Å².